The predicted molar refractivity (Wildman–Crippen MR) is 149 cm³/mol. The molecule has 0 spiro atoms. The van der Waals surface area contributed by atoms with Crippen LogP contribution in [0.25, 0.3) is 0 Å². The minimum atomic E-state index is -6.24. The molecule has 27 nitrogen and oxygen atoms in total. The van der Waals surface area contributed by atoms with E-state index in [0.717, 1.165) is 24.5 Å². The molecule has 0 radical (unpaired) electrons. The minimum absolute atomic E-state index is 0.642. The molecule has 2 fully saturated rings. The minimum Gasteiger partial charge on any atom is -0.387 e. The molecule has 0 aromatic carbocycles. The first kappa shape index (κ1) is 39.5. The molecule has 0 saturated carbocycles. The van der Waals surface area contributed by atoms with Gasteiger partial charge in [-0.2, -0.15) is 12.9 Å². The molecule has 4 heterocycles. The van der Waals surface area contributed by atoms with Crippen molar-refractivity contribution in [2.75, 3.05) is 13.2 Å². The van der Waals surface area contributed by atoms with E-state index in [1.165, 1.54) is 0 Å². The summed E-state index contributed by atoms with van der Waals surface area (Å²) in [5.41, 5.74) is -3.78. The van der Waals surface area contributed by atoms with Crippen molar-refractivity contribution in [2.45, 2.75) is 49.1 Å². The fraction of sp³-hybridized carbons (Fsp3) is 0.556. The first-order valence-electron chi connectivity index (χ1n) is 12.9. The molecule has 10 N–H and O–H groups in total. The highest BCUT2D eigenvalue weighted by Gasteiger charge is 2.49. The summed E-state index contributed by atoms with van der Waals surface area (Å²) in [6.07, 6.45) is -12.6. The summed E-state index contributed by atoms with van der Waals surface area (Å²) in [5.74, 6) is 0. The second-order valence-corrected chi connectivity index (χ2v) is 16.1. The first-order chi connectivity index (χ1) is 22.5. The predicted octanol–water partition coefficient (Wildman–Crippen LogP) is -4.19. The molecule has 276 valence electrons. The number of aromatic amines is 2. The summed E-state index contributed by atoms with van der Waals surface area (Å²) in [6.45, 7) is -2.43. The van der Waals surface area contributed by atoms with Gasteiger partial charge in [0.1, 0.15) is 36.6 Å². The average molecular weight is 790 g/mol. The molecular formula is C18H26N4O23P4. The molecule has 49 heavy (non-hydrogen) atoms. The maximum absolute atomic E-state index is 12.2. The molecule has 0 amide bonds. The number of rotatable bonds is 14. The molecule has 6 unspecified atom stereocenters. The van der Waals surface area contributed by atoms with Crippen LogP contribution >= 0.6 is 31.3 Å². The smallest absolute Gasteiger partial charge is 0.387 e. The number of phosphoric ester groups is 2. The number of nitrogens with one attached hydrogen (secondary N) is 2. The van der Waals surface area contributed by atoms with Gasteiger partial charge in [-0.25, -0.2) is 27.8 Å². The molecule has 2 aliphatic rings. The second-order valence-electron chi connectivity index (χ2n) is 9.84. The third-order valence-corrected chi connectivity index (χ3v) is 12.3. The Labute approximate surface area is 268 Å². The number of ether oxygens (including phenoxy) is 2. The SMILES string of the molecule is O=c1ccn(C2O[C@H](COP(=O)(O)OP(=O)(O)OP(=O)(O)OP(=O)(O)OC[C@H]3OC(n4ccc(=O)[nH]c4=O)[C@H](O)[C@@H]3O)[C@@H](O)[C@H]2O)c(=O)[nH]1. The Balaban J connectivity index is 1.31. The van der Waals surface area contributed by atoms with E-state index >= 15 is 0 Å². The maximum atomic E-state index is 12.2. The number of nitrogens with zero attached hydrogens (tertiary/aromatic N) is 2. The summed E-state index contributed by atoms with van der Waals surface area (Å²) in [4.78, 5) is 89.1. The number of phosphoric acid groups is 4. The summed E-state index contributed by atoms with van der Waals surface area (Å²) < 4.78 is 80.5. The van der Waals surface area contributed by atoms with E-state index in [-0.39, 0.29) is 0 Å². The van der Waals surface area contributed by atoms with Crippen LogP contribution in [0.4, 0.5) is 0 Å². The van der Waals surface area contributed by atoms with Crippen LogP contribution < -0.4 is 22.5 Å². The molecule has 12 atom stereocenters. The lowest BCUT2D eigenvalue weighted by Gasteiger charge is -2.21. The Kier molecular flexibility index (Phi) is 11.9. The number of hydrogen-bond donors (Lipinski definition) is 10. The van der Waals surface area contributed by atoms with Gasteiger partial charge in [0, 0.05) is 24.5 Å². The zero-order chi connectivity index (χ0) is 36.7. The second kappa shape index (κ2) is 14.7. The van der Waals surface area contributed by atoms with E-state index in [0.29, 0.717) is 9.13 Å². The van der Waals surface area contributed by atoms with Crippen molar-refractivity contribution >= 4 is 31.3 Å². The van der Waals surface area contributed by atoms with Gasteiger partial charge in [0.15, 0.2) is 12.5 Å². The van der Waals surface area contributed by atoms with Crippen molar-refractivity contribution in [2.24, 2.45) is 0 Å². The van der Waals surface area contributed by atoms with E-state index in [1.807, 2.05) is 9.97 Å². The molecule has 2 aliphatic heterocycles. The van der Waals surface area contributed by atoms with Gasteiger partial charge in [-0.1, -0.05) is 0 Å². The lowest BCUT2D eigenvalue weighted by atomic mass is 10.1. The number of aliphatic hydroxyl groups excluding tert-OH is 4. The Hall–Kier alpha value is -2.32. The van der Waals surface area contributed by atoms with Crippen molar-refractivity contribution in [3.63, 3.8) is 0 Å². The third kappa shape index (κ3) is 9.93. The highest BCUT2D eigenvalue weighted by atomic mass is 31.3. The van der Waals surface area contributed by atoms with Crippen LogP contribution in [0.3, 0.4) is 0 Å². The van der Waals surface area contributed by atoms with Crippen LogP contribution in [-0.2, 0) is 49.7 Å². The zero-order valence-electron chi connectivity index (χ0n) is 23.7. The van der Waals surface area contributed by atoms with E-state index in [1.54, 1.807) is 0 Å². The lowest BCUT2D eigenvalue weighted by Crippen LogP contribution is -2.37. The van der Waals surface area contributed by atoms with Gasteiger partial charge < -0.3 is 49.5 Å². The van der Waals surface area contributed by atoms with Gasteiger partial charge in [-0.05, 0) is 0 Å². The molecule has 4 rings (SSSR count). The van der Waals surface area contributed by atoms with Crippen molar-refractivity contribution < 1.29 is 89.7 Å². The van der Waals surface area contributed by atoms with Crippen molar-refractivity contribution in [3.05, 3.63) is 66.2 Å². The summed E-state index contributed by atoms with van der Waals surface area (Å²) in [7, 11) is -24.1. The van der Waals surface area contributed by atoms with E-state index < -0.39 is 116 Å². The fourth-order valence-electron chi connectivity index (χ4n) is 4.25. The molecule has 2 saturated heterocycles. The van der Waals surface area contributed by atoms with E-state index in [9.17, 15) is 77.4 Å². The van der Waals surface area contributed by atoms with Crippen molar-refractivity contribution in [1.82, 2.24) is 19.1 Å². The largest absolute Gasteiger partial charge is 0.490 e. The lowest BCUT2D eigenvalue weighted by molar-refractivity contribution is -0.0544. The van der Waals surface area contributed by atoms with Crippen LogP contribution in [-0.4, -0.2) is 109 Å². The quantitative estimate of drug-likeness (QED) is 0.0811. The molecule has 2 aromatic rings. The number of aliphatic hydroxyl groups is 4. The highest BCUT2D eigenvalue weighted by molar-refractivity contribution is 7.69. The van der Waals surface area contributed by atoms with Crippen LogP contribution in [0, 0.1) is 0 Å². The highest BCUT2D eigenvalue weighted by Crippen LogP contribution is 2.71. The number of H-pyrrole nitrogens is 2. The number of aromatic nitrogens is 4. The Morgan fingerprint density at radius 3 is 1.24 bits per heavy atom. The van der Waals surface area contributed by atoms with Gasteiger partial charge in [-0.3, -0.25) is 37.7 Å². The molecule has 0 aliphatic carbocycles. The Bertz CT molecular complexity index is 1820. The summed E-state index contributed by atoms with van der Waals surface area (Å²) >= 11 is 0. The van der Waals surface area contributed by atoms with Crippen molar-refractivity contribution in [3.8, 4) is 0 Å². The first-order valence-corrected chi connectivity index (χ1v) is 18.9. The molecule has 2 aromatic heterocycles. The van der Waals surface area contributed by atoms with E-state index in [4.69, 9.17) is 9.47 Å². The van der Waals surface area contributed by atoms with Crippen LogP contribution in [0.5, 0.6) is 0 Å². The summed E-state index contributed by atoms with van der Waals surface area (Å²) in [6, 6.07) is 1.73. The number of hydrogen-bond acceptors (Lipinski definition) is 19. The maximum Gasteiger partial charge on any atom is 0.490 e. The zero-order valence-corrected chi connectivity index (χ0v) is 27.3. The van der Waals surface area contributed by atoms with Crippen LogP contribution in [0.1, 0.15) is 12.5 Å². The Morgan fingerprint density at radius 1 is 0.592 bits per heavy atom. The van der Waals surface area contributed by atoms with Gasteiger partial charge in [0.2, 0.25) is 0 Å². The summed E-state index contributed by atoms with van der Waals surface area (Å²) in [5, 5.41) is 40.7. The van der Waals surface area contributed by atoms with Crippen LogP contribution in [0.15, 0.2) is 43.7 Å². The van der Waals surface area contributed by atoms with Gasteiger partial charge in [0.05, 0.1) is 13.2 Å². The van der Waals surface area contributed by atoms with Crippen LogP contribution in [0.2, 0.25) is 0 Å². The Morgan fingerprint density at radius 2 is 0.918 bits per heavy atom. The standard InChI is InChI=1S/C18H26N4O23P4/c23-9-1-3-21(17(29)19-9)15-13(27)11(25)7(41-15)5-39-46(31,32)43-48(35,36)45-49(37,38)44-47(33,34)40-6-8-12(26)14(28)16(42-8)22-4-2-10(24)20-18(22)30/h1-4,7-8,11-16,25-28H,5-6H2,(H,31,32)(H,33,34)(H,35,36)(H,37,38)(H,19,23,29)(H,20,24,30)/t7-,8-,11-,12-,13-,14-,15?,16?/m1/s1. The topological polar surface area (TPSA) is 404 Å². The van der Waals surface area contributed by atoms with Gasteiger partial charge in [0.25, 0.3) is 11.1 Å². The third-order valence-electron chi connectivity index (χ3n) is 6.35. The molecule has 31 heteroatoms. The van der Waals surface area contributed by atoms with Gasteiger partial charge >= 0.3 is 42.7 Å². The van der Waals surface area contributed by atoms with E-state index in [2.05, 4.69) is 22.0 Å². The van der Waals surface area contributed by atoms with Crippen molar-refractivity contribution in [1.29, 1.82) is 0 Å². The molecule has 0 bridgehead atoms. The molecular weight excluding hydrogens is 764 g/mol. The average Bonchev–Trinajstić information content (AvgIpc) is 3.38. The fourth-order valence-corrected chi connectivity index (χ4v) is 9.20. The van der Waals surface area contributed by atoms with Gasteiger partial charge in [-0.15, -0.1) is 0 Å². The normalized spacial score (nSPS) is 32.2. The monoisotopic (exact) mass is 790 g/mol.